The third-order valence-electron chi connectivity index (χ3n) is 9.01. The first-order valence-electron chi connectivity index (χ1n) is 10.5. The van der Waals surface area contributed by atoms with E-state index in [2.05, 4.69) is 54.5 Å². The van der Waals surface area contributed by atoms with Crippen LogP contribution in [0.15, 0.2) is 23.3 Å². The number of hydrogen-bond donors (Lipinski definition) is 1. The van der Waals surface area contributed by atoms with Gasteiger partial charge in [-0.3, -0.25) is 4.79 Å². The molecular weight excluding hydrogens is 334 g/mol. The molecule has 0 bridgehead atoms. The molecule has 0 aromatic heterocycles. The van der Waals surface area contributed by atoms with Crippen LogP contribution in [0.25, 0.3) is 0 Å². The van der Waals surface area contributed by atoms with Gasteiger partial charge in [-0.25, -0.2) is 0 Å². The maximum absolute atomic E-state index is 13.1. The maximum atomic E-state index is 13.1. The van der Waals surface area contributed by atoms with Gasteiger partial charge in [0.25, 0.3) is 0 Å². The van der Waals surface area contributed by atoms with Gasteiger partial charge in [0.1, 0.15) is 0 Å². The number of carbonyl (C=O) groups excluding carboxylic acids is 1. The van der Waals surface area contributed by atoms with Crippen LogP contribution < -0.4 is 0 Å². The van der Waals surface area contributed by atoms with Gasteiger partial charge in [-0.05, 0) is 47.5 Å². The molecule has 27 heavy (non-hydrogen) atoms. The molecule has 0 amide bonds. The van der Waals surface area contributed by atoms with Crippen LogP contribution in [0.3, 0.4) is 0 Å². The third kappa shape index (κ3) is 2.38. The molecule has 3 nitrogen and oxygen atoms in total. The van der Waals surface area contributed by atoms with Gasteiger partial charge in [0.2, 0.25) is 0 Å². The zero-order valence-electron chi connectivity index (χ0n) is 18.0. The van der Waals surface area contributed by atoms with Crippen molar-refractivity contribution in [3.63, 3.8) is 0 Å². The fraction of sp³-hybridized carbons (Fsp3) is 0.750. The Bertz CT molecular complexity index is 770. The van der Waals surface area contributed by atoms with Crippen molar-refractivity contribution in [1.82, 2.24) is 0 Å². The van der Waals surface area contributed by atoms with Crippen LogP contribution in [0, 0.1) is 44.8 Å². The van der Waals surface area contributed by atoms with Crippen molar-refractivity contribution in [2.45, 2.75) is 80.3 Å². The molecule has 1 saturated carbocycles. The van der Waals surface area contributed by atoms with E-state index in [0.29, 0.717) is 5.57 Å². The molecule has 0 saturated heterocycles. The summed E-state index contributed by atoms with van der Waals surface area (Å²) in [5, 5.41) is 20.5. The molecule has 148 valence electrons. The molecule has 3 aliphatic rings. The van der Waals surface area contributed by atoms with Crippen molar-refractivity contribution >= 4 is 5.78 Å². The van der Waals surface area contributed by atoms with Crippen LogP contribution in [0.2, 0.25) is 0 Å². The van der Waals surface area contributed by atoms with E-state index in [-0.39, 0.29) is 33.9 Å². The highest BCUT2D eigenvalue weighted by atomic mass is 16.3. The van der Waals surface area contributed by atoms with Crippen molar-refractivity contribution in [2.75, 3.05) is 0 Å². The molecule has 0 aliphatic heterocycles. The maximum Gasteiger partial charge on any atom is 0.159 e. The number of hydrogen-bond acceptors (Lipinski definition) is 3. The SMILES string of the molecule is CCC[C@]1(C)[C@@H](C)C(=O)C=C2[C@@]3(C)C=C(C#N)C(O)C(C)(C)[C@@H]3CC[C@]21C. The minimum absolute atomic E-state index is 0.00737. The fourth-order valence-electron chi connectivity index (χ4n) is 7.04. The van der Waals surface area contributed by atoms with E-state index >= 15 is 0 Å². The first-order chi connectivity index (χ1) is 12.4. The highest BCUT2D eigenvalue weighted by Crippen LogP contribution is 2.70. The summed E-state index contributed by atoms with van der Waals surface area (Å²) in [6, 6.07) is 2.24. The number of aliphatic hydroxyl groups is 1. The predicted molar refractivity (Wildman–Crippen MR) is 108 cm³/mol. The van der Waals surface area contributed by atoms with E-state index in [1.54, 1.807) is 0 Å². The van der Waals surface area contributed by atoms with E-state index in [0.717, 1.165) is 25.7 Å². The van der Waals surface area contributed by atoms with E-state index < -0.39 is 11.5 Å². The average Bonchev–Trinajstić information content (AvgIpc) is 2.59. The summed E-state index contributed by atoms with van der Waals surface area (Å²) in [7, 11) is 0. The zero-order chi connectivity index (χ0) is 20.4. The van der Waals surface area contributed by atoms with Crippen molar-refractivity contribution in [3.05, 3.63) is 23.3 Å². The molecular formula is C24H35NO2. The molecule has 0 heterocycles. The zero-order valence-corrected chi connectivity index (χ0v) is 18.0. The second kappa shape index (κ2) is 6.05. The Hall–Kier alpha value is -1.40. The number of rotatable bonds is 2. The molecule has 0 aromatic carbocycles. The van der Waals surface area contributed by atoms with Gasteiger partial charge < -0.3 is 5.11 Å². The summed E-state index contributed by atoms with van der Waals surface area (Å²) in [6.07, 6.45) is 7.27. The normalized spacial score (nSPS) is 45.9. The van der Waals surface area contributed by atoms with Gasteiger partial charge in [0.05, 0.1) is 17.7 Å². The number of carbonyl (C=O) groups is 1. The van der Waals surface area contributed by atoms with Crippen molar-refractivity contribution in [2.24, 2.45) is 33.5 Å². The molecule has 6 atom stereocenters. The lowest BCUT2D eigenvalue weighted by Gasteiger charge is -2.65. The standard InChI is InChI=1S/C24H35NO2/c1-8-10-23(6)15(2)17(26)12-19-22(5)13-16(14-25)20(27)21(3,4)18(22)9-11-24(19,23)7/h12-13,15,18,20,27H,8-11H2,1-7H3/t15-,18-,20?,22-,23+,24+/m0/s1. The average molecular weight is 370 g/mol. The molecule has 3 heteroatoms. The van der Waals surface area contributed by atoms with Crippen LogP contribution in [-0.2, 0) is 4.79 Å². The van der Waals surface area contributed by atoms with Gasteiger partial charge in [-0.15, -0.1) is 0 Å². The van der Waals surface area contributed by atoms with Crippen molar-refractivity contribution in [1.29, 1.82) is 5.26 Å². The minimum atomic E-state index is -0.745. The summed E-state index contributed by atoms with van der Waals surface area (Å²) in [5.74, 6) is 0.438. The Morgan fingerprint density at radius 1 is 1.26 bits per heavy atom. The molecule has 0 spiro atoms. The van der Waals surface area contributed by atoms with Gasteiger partial charge in [-0.2, -0.15) is 5.26 Å². The van der Waals surface area contributed by atoms with Crippen LogP contribution in [0.5, 0.6) is 0 Å². The second-order valence-electron chi connectivity index (χ2n) is 10.5. The fourth-order valence-corrected chi connectivity index (χ4v) is 7.04. The van der Waals surface area contributed by atoms with E-state index in [4.69, 9.17) is 0 Å². The number of allylic oxidation sites excluding steroid dienone is 3. The molecule has 0 radical (unpaired) electrons. The van der Waals surface area contributed by atoms with Crippen LogP contribution in [0.4, 0.5) is 0 Å². The summed E-state index contributed by atoms with van der Waals surface area (Å²) in [5.41, 5.74) is 0.717. The quantitative estimate of drug-likeness (QED) is 0.726. The Balaban J connectivity index is 2.28. The summed E-state index contributed by atoms with van der Waals surface area (Å²) in [4.78, 5) is 13.1. The molecule has 1 N–H and O–H groups in total. The highest BCUT2D eigenvalue weighted by molar-refractivity contribution is 5.94. The molecule has 3 aliphatic carbocycles. The second-order valence-corrected chi connectivity index (χ2v) is 10.5. The lowest BCUT2D eigenvalue weighted by atomic mass is 9.39. The topological polar surface area (TPSA) is 61.1 Å². The molecule has 3 rings (SSSR count). The Morgan fingerprint density at radius 2 is 1.89 bits per heavy atom. The first kappa shape index (κ1) is 20.3. The summed E-state index contributed by atoms with van der Waals surface area (Å²) in [6.45, 7) is 15.3. The van der Waals surface area contributed by atoms with E-state index in [1.165, 1.54) is 5.57 Å². The van der Waals surface area contributed by atoms with Gasteiger partial charge in [-0.1, -0.05) is 66.5 Å². The Kier molecular flexibility index (Phi) is 4.55. The van der Waals surface area contributed by atoms with Crippen molar-refractivity contribution in [3.8, 4) is 6.07 Å². The van der Waals surface area contributed by atoms with E-state index in [9.17, 15) is 15.2 Å². The smallest absolute Gasteiger partial charge is 0.159 e. The Labute approximate surface area is 164 Å². The van der Waals surface area contributed by atoms with Gasteiger partial charge >= 0.3 is 0 Å². The Morgan fingerprint density at radius 3 is 2.44 bits per heavy atom. The van der Waals surface area contributed by atoms with Crippen LogP contribution in [0.1, 0.15) is 74.1 Å². The summed E-state index contributed by atoms with van der Waals surface area (Å²) >= 11 is 0. The van der Waals surface area contributed by atoms with E-state index in [1.807, 2.05) is 12.2 Å². The molecule has 0 aromatic rings. The molecule has 1 fully saturated rings. The van der Waals surface area contributed by atoms with Crippen molar-refractivity contribution < 1.29 is 9.90 Å². The highest BCUT2D eigenvalue weighted by Gasteiger charge is 2.64. The minimum Gasteiger partial charge on any atom is -0.387 e. The number of fused-ring (bicyclic) bond motifs is 3. The lowest BCUT2D eigenvalue weighted by molar-refractivity contribution is -0.133. The van der Waals surface area contributed by atoms with Gasteiger partial charge in [0.15, 0.2) is 5.78 Å². The lowest BCUT2D eigenvalue weighted by Crippen LogP contribution is -2.60. The number of ketones is 1. The monoisotopic (exact) mass is 369 g/mol. The first-order valence-corrected chi connectivity index (χ1v) is 10.5. The number of nitriles is 1. The largest absolute Gasteiger partial charge is 0.387 e. The number of nitrogens with zero attached hydrogens (tertiary/aromatic N) is 1. The van der Waals surface area contributed by atoms with Crippen LogP contribution >= 0.6 is 0 Å². The van der Waals surface area contributed by atoms with Crippen LogP contribution in [-0.4, -0.2) is 17.0 Å². The third-order valence-corrected chi connectivity index (χ3v) is 9.01. The predicted octanol–water partition coefficient (Wildman–Crippen LogP) is 5.21. The molecule has 1 unspecified atom stereocenters. The summed E-state index contributed by atoms with van der Waals surface area (Å²) < 4.78 is 0. The van der Waals surface area contributed by atoms with Gasteiger partial charge in [0, 0.05) is 11.3 Å². The number of aliphatic hydroxyl groups excluding tert-OH is 1.